The van der Waals surface area contributed by atoms with E-state index in [1.54, 1.807) is 11.3 Å². The van der Waals surface area contributed by atoms with Crippen LogP contribution in [0.4, 0.5) is 0 Å². The highest BCUT2D eigenvalue weighted by atomic mass is 32.1. The van der Waals surface area contributed by atoms with Crippen molar-refractivity contribution < 1.29 is 0 Å². The van der Waals surface area contributed by atoms with E-state index >= 15 is 0 Å². The van der Waals surface area contributed by atoms with E-state index in [1.165, 1.54) is 20.9 Å². The third kappa shape index (κ3) is 6.42. The predicted octanol–water partition coefficient (Wildman–Crippen LogP) is 21.0. The zero-order valence-corrected chi connectivity index (χ0v) is 47.8. The summed E-state index contributed by atoms with van der Waals surface area (Å²) in [6.07, 6.45) is 0. The SMILES string of the molecule is N#Cc1c(-n2c3ccccc3c3ccccc32)c(-n2c3ccccc3c3ccccc32)c(C#N)c(-n2c3ccc(-c4ccccc4-n4c5ccccc5c5ccccc54)cc3c3c4sc5ccccc5c4ccc32)c1-n1c2ccccc2c2ccccc21. The molecule has 19 rings (SSSR count). The Labute approximate surface area is 506 Å². The lowest BCUT2D eigenvalue weighted by atomic mass is 9.98. The van der Waals surface area contributed by atoms with Crippen LogP contribution in [0.5, 0.6) is 0 Å². The Morgan fingerprint density at radius 1 is 0.261 bits per heavy atom. The zero-order valence-electron chi connectivity index (χ0n) is 47.0. The molecule has 0 amide bonds. The van der Waals surface area contributed by atoms with Crippen molar-refractivity contribution in [3.63, 3.8) is 0 Å². The van der Waals surface area contributed by atoms with Crippen LogP contribution >= 0.6 is 11.3 Å². The molecule has 0 atom stereocenters. The van der Waals surface area contributed by atoms with Crippen LogP contribution in [-0.4, -0.2) is 22.8 Å². The van der Waals surface area contributed by atoms with Crippen LogP contribution < -0.4 is 0 Å². The monoisotopic (exact) mass is 1140 g/mol. The van der Waals surface area contributed by atoms with Gasteiger partial charge in [-0.3, -0.25) is 0 Å². The normalized spacial score (nSPS) is 12.1. The average molecular weight is 1140 g/mol. The number of thiophene rings is 1. The molecular weight excluding hydrogens is 1090 g/mol. The first kappa shape index (κ1) is 48.4. The van der Waals surface area contributed by atoms with Crippen LogP contribution in [-0.2, 0) is 0 Å². The summed E-state index contributed by atoms with van der Waals surface area (Å²) in [6, 6.07) is 103. The first-order chi connectivity index (χ1) is 43.7. The van der Waals surface area contributed by atoms with Gasteiger partial charge in [0, 0.05) is 79.6 Å². The summed E-state index contributed by atoms with van der Waals surface area (Å²) in [5, 5.41) is 39.0. The van der Waals surface area contributed by atoms with Crippen molar-refractivity contribution in [3.8, 4) is 51.7 Å². The summed E-state index contributed by atoms with van der Waals surface area (Å²) >= 11 is 1.80. The molecule has 8 heteroatoms. The van der Waals surface area contributed by atoms with Crippen molar-refractivity contribution in [1.29, 1.82) is 10.5 Å². The minimum atomic E-state index is 0.412. The van der Waals surface area contributed by atoms with Gasteiger partial charge in [0.25, 0.3) is 0 Å². The van der Waals surface area contributed by atoms with Gasteiger partial charge in [0.15, 0.2) is 0 Å². The highest BCUT2D eigenvalue weighted by Gasteiger charge is 2.35. The summed E-state index contributed by atoms with van der Waals surface area (Å²) in [5.74, 6) is 0. The van der Waals surface area contributed by atoms with Gasteiger partial charge in [-0.2, -0.15) is 10.5 Å². The summed E-state index contributed by atoms with van der Waals surface area (Å²) in [5.41, 5.74) is 16.1. The van der Waals surface area contributed by atoms with Crippen molar-refractivity contribution in [2.75, 3.05) is 0 Å². The molecule has 0 aliphatic heterocycles. The molecule has 0 fully saturated rings. The first-order valence-corrected chi connectivity index (χ1v) is 30.4. The molecule has 0 saturated carbocycles. The second-order valence-electron chi connectivity index (χ2n) is 22.9. The molecule has 0 aliphatic carbocycles. The number of nitrogens with zero attached hydrogens (tertiary/aromatic N) is 7. The maximum atomic E-state index is 13.0. The Bertz CT molecular complexity index is 6140. The second kappa shape index (κ2) is 18.3. The lowest BCUT2D eigenvalue weighted by Gasteiger charge is -2.27. The van der Waals surface area contributed by atoms with E-state index in [2.05, 4.69) is 308 Å². The molecule has 0 radical (unpaired) electrons. The number of para-hydroxylation sites is 9. The van der Waals surface area contributed by atoms with Crippen molar-refractivity contribution >= 4 is 141 Å². The van der Waals surface area contributed by atoms with Crippen molar-refractivity contribution in [2.24, 2.45) is 0 Å². The topological polar surface area (TPSA) is 72.2 Å². The standard InChI is InChI=1S/C80H45N7S/c81-46-61-76(84-66-34-14-4-24-52(66)53-25-5-15-35-67(53)84)77(85-68-36-16-6-26-54(68)55-27-7-17-37-69(55)85)62(47-82)79(78(61)86-70-38-18-8-28-56(70)57-29-9-19-39-71(57)86)87-72-43-41-48(45-60(72)75-73(87)44-42-59-58-30-10-20-40-74(58)88-80(59)75)49-21-1-11-31-63(49)83-64-32-12-2-22-50(64)51-23-3-13-33-65(51)83/h1-45H. The Hall–Kier alpha value is -11.9. The largest absolute Gasteiger partial charge is 0.309 e. The lowest BCUT2D eigenvalue weighted by Crippen LogP contribution is -2.16. The van der Waals surface area contributed by atoms with Gasteiger partial charge >= 0.3 is 0 Å². The van der Waals surface area contributed by atoms with E-state index in [9.17, 15) is 10.5 Å². The number of hydrogen-bond donors (Lipinski definition) is 0. The van der Waals surface area contributed by atoms with Crippen LogP contribution in [0.15, 0.2) is 273 Å². The molecule has 0 unspecified atom stereocenters. The predicted molar refractivity (Wildman–Crippen MR) is 366 cm³/mol. The van der Waals surface area contributed by atoms with Crippen molar-refractivity contribution in [3.05, 3.63) is 284 Å². The number of fused-ring (bicyclic) bond motifs is 19. The molecule has 7 nitrogen and oxygen atoms in total. The van der Waals surface area contributed by atoms with Crippen LogP contribution in [0.1, 0.15) is 11.1 Å². The maximum Gasteiger partial charge on any atom is 0.104 e. The Kier molecular flexibility index (Phi) is 10.1. The number of aromatic nitrogens is 5. The second-order valence-corrected chi connectivity index (χ2v) is 23.9. The maximum absolute atomic E-state index is 13.0. The summed E-state index contributed by atoms with van der Waals surface area (Å²) in [6.45, 7) is 0. The lowest BCUT2D eigenvalue weighted by molar-refractivity contribution is 1.02. The van der Waals surface area contributed by atoms with Gasteiger partial charge in [0.2, 0.25) is 0 Å². The molecule has 6 heterocycles. The molecule has 0 spiro atoms. The average Bonchev–Trinajstić information content (AvgIpc) is 1.46. The molecule has 19 aromatic rings. The fraction of sp³-hybridized carbons (Fsp3) is 0. The van der Waals surface area contributed by atoms with E-state index < -0.39 is 0 Å². The Morgan fingerprint density at radius 3 is 0.989 bits per heavy atom. The molecular formula is C80H45N7S. The van der Waals surface area contributed by atoms with Gasteiger partial charge in [-0.15, -0.1) is 11.3 Å². The third-order valence-electron chi connectivity index (χ3n) is 18.6. The van der Waals surface area contributed by atoms with Crippen LogP contribution in [0, 0.1) is 22.7 Å². The fourth-order valence-electron chi connectivity index (χ4n) is 15.1. The summed E-state index contributed by atoms with van der Waals surface area (Å²) in [7, 11) is 0. The van der Waals surface area contributed by atoms with Crippen molar-refractivity contribution in [1.82, 2.24) is 22.8 Å². The summed E-state index contributed by atoms with van der Waals surface area (Å²) in [4.78, 5) is 0. The number of benzene rings is 13. The summed E-state index contributed by atoms with van der Waals surface area (Å²) < 4.78 is 13.9. The fourth-order valence-corrected chi connectivity index (χ4v) is 16.3. The molecule has 0 bridgehead atoms. The van der Waals surface area contributed by atoms with Crippen LogP contribution in [0.25, 0.3) is 169 Å². The highest BCUT2D eigenvalue weighted by molar-refractivity contribution is 7.26. The van der Waals surface area contributed by atoms with E-state index in [0.29, 0.717) is 33.9 Å². The smallest absolute Gasteiger partial charge is 0.104 e. The first-order valence-electron chi connectivity index (χ1n) is 29.6. The highest BCUT2D eigenvalue weighted by Crippen LogP contribution is 2.51. The van der Waals surface area contributed by atoms with Gasteiger partial charge in [0.1, 0.15) is 23.3 Å². The van der Waals surface area contributed by atoms with Crippen molar-refractivity contribution in [2.45, 2.75) is 0 Å². The van der Waals surface area contributed by atoms with Gasteiger partial charge in [-0.1, -0.05) is 194 Å². The van der Waals surface area contributed by atoms with E-state index in [4.69, 9.17) is 0 Å². The molecule has 88 heavy (non-hydrogen) atoms. The molecule has 0 aliphatic rings. The Balaban J connectivity index is 1.04. The molecule has 13 aromatic carbocycles. The number of hydrogen-bond acceptors (Lipinski definition) is 3. The number of nitriles is 2. The Morgan fingerprint density at radius 2 is 0.580 bits per heavy atom. The van der Waals surface area contributed by atoms with Gasteiger partial charge in [0.05, 0.1) is 83.6 Å². The quantitative estimate of drug-likeness (QED) is 0.166. The van der Waals surface area contributed by atoms with E-state index in [-0.39, 0.29) is 0 Å². The third-order valence-corrected chi connectivity index (χ3v) is 19.8. The van der Waals surface area contributed by atoms with Crippen LogP contribution in [0.3, 0.4) is 0 Å². The van der Waals surface area contributed by atoms with Gasteiger partial charge in [-0.25, -0.2) is 0 Å². The zero-order chi connectivity index (χ0) is 57.9. The molecule has 406 valence electrons. The van der Waals surface area contributed by atoms with E-state index in [1.807, 2.05) is 0 Å². The molecule has 6 aromatic heterocycles. The van der Waals surface area contributed by atoms with Gasteiger partial charge in [-0.05, 0) is 84.4 Å². The molecule has 0 saturated heterocycles. The minimum Gasteiger partial charge on any atom is -0.309 e. The number of rotatable bonds is 6. The van der Waals surface area contributed by atoms with E-state index in [0.717, 1.165) is 125 Å². The molecule has 0 N–H and O–H groups in total. The van der Waals surface area contributed by atoms with Crippen LogP contribution in [0.2, 0.25) is 0 Å². The minimum absolute atomic E-state index is 0.412. The van der Waals surface area contributed by atoms with Gasteiger partial charge < -0.3 is 22.8 Å².